The first-order chi connectivity index (χ1) is 8.86. The maximum atomic E-state index is 2.43. The summed E-state index contributed by atoms with van der Waals surface area (Å²) >= 11 is 0. The topological polar surface area (TPSA) is 0 Å². The third-order valence-corrected chi connectivity index (χ3v) is 4.70. The fourth-order valence-electron chi connectivity index (χ4n) is 3.73. The predicted molar refractivity (Wildman–Crippen MR) is 78.4 cm³/mol. The van der Waals surface area contributed by atoms with E-state index in [0.717, 1.165) is 0 Å². The number of allylic oxidation sites excluding steroid dienone is 8. The summed E-state index contributed by atoms with van der Waals surface area (Å²) < 4.78 is 0. The molecule has 0 heteroatoms. The molecule has 1 unspecified atom stereocenters. The van der Waals surface area contributed by atoms with Crippen molar-refractivity contribution >= 4 is 0 Å². The van der Waals surface area contributed by atoms with Crippen LogP contribution < -0.4 is 0 Å². The lowest BCUT2D eigenvalue weighted by atomic mass is 9.79. The van der Waals surface area contributed by atoms with E-state index in [2.05, 4.69) is 31.2 Å². The van der Waals surface area contributed by atoms with Gasteiger partial charge in [-0.05, 0) is 74.0 Å². The molecule has 3 aliphatic carbocycles. The second-order valence-electron chi connectivity index (χ2n) is 5.91. The van der Waals surface area contributed by atoms with Crippen molar-refractivity contribution in [1.29, 1.82) is 0 Å². The second-order valence-corrected chi connectivity index (χ2v) is 5.91. The summed E-state index contributed by atoms with van der Waals surface area (Å²) in [6.07, 6.45) is 20.1. The molecule has 0 spiro atoms. The van der Waals surface area contributed by atoms with E-state index < -0.39 is 0 Å². The molecule has 0 nitrogen and oxygen atoms in total. The Hall–Kier alpha value is -1.04. The Kier molecular flexibility index (Phi) is 3.54. The Balaban J connectivity index is 2.08. The van der Waals surface area contributed by atoms with Gasteiger partial charge < -0.3 is 0 Å². The molecule has 0 radical (unpaired) electrons. The van der Waals surface area contributed by atoms with Gasteiger partial charge in [-0.3, -0.25) is 0 Å². The van der Waals surface area contributed by atoms with Crippen LogP contribution in [0.5, 0.6) is 0 Å². The molecule has 0 bridgehead atoms. The maximum absolute atomic E-state index is 2.43. The lowest BCUT2D eigenvalue weighted by molar-refractivity contribution is 0.656. The summed E-state index contributed by atoms with van der Waals surface area (Å²) in [7, 11) is 0. The van der Waals surface area contributed by atoms with Gasteiger partial charge in [-0.15, -0.1) is 0 Å². The molecule has 18 heavy (non-hydrogen) atoms. The van der Waals surface area contributed by atoms with Gasteiger partial charge in [0.2, 0.25) is 0 Å². The third kappa shape index (κ3) is 2.25. The van der Waals surface area contributed by atoms with E-state index in [1.54, 1.807) is 22.3 Å². The standard InChI is InChI=1S/C18H24/c1-14-8-2-5-13-18-16(14)11-6-3-9-15-10-4-7-12-17(15)18/h2,4,8,10,14H,3,5-7,9,11-13H2,1H3. The van der Waals surface area contributed by atoms with Gasteiger partial charge in [0.15, 0.2) is 0 Å². The fourth-order valence-corrected chi connectivity index (χ4v) is 3.73. The molecule has 0 aliphatic heterocycles. The highest BCUT2D eigenvalue weighted by atomic mass is 14.3. The molecule has 1 atom stereocenters. The lowest BCUT2D eigenvalue weighted by Crippen LogP contribution is -2.08. The summed E-state index contributed by atoms with van der Waals surface area (Å²) in [4.78, 5) is 0. The molecule has 0 heterocycles. The van der Waals surface area contributed by atoms with Gasteiger partial charge in [-0.2, -0.15) is 0 Å². The van der Waals surface area contributed by atoms with Gasteiger partial charge in [0, 0.05) is 0 Å². The van der Waals surface area contributed by atoms with E-state index >= 15 is 0 Å². The number of hydrogen-bond acceptors (Lipinski definition) is 0. The van der Waals surface area contributed by atoms with Crippen LogP contribution in [0.1, 0.15) is 58.3 Å². The minimum atomic E-state index is 0.667. The van der Waals surface area contributed by atoms with Crippen LogP contribution in [0.25, 0.3) is 0 Å². The molecule has 0 N–H and O–H groups in total. The van der Waals surface area contributed by atoms with Crippen LogP contribution in [0.2, 0.25) is 0 Å². The third-order valence-electron chi connectivity index (χ3n) is 4.70. The van der Waals surface area contributed by atoms with Crippen molar-refractivity contribution in [3.8, 4) is 0 Å². The van der Waals surface area contributed by atoms with E-state index in [4.69, 9.17) is 0 Å². The average Bonchev–Trinajstić information content (AvgIpc) is 2.54. The zero-order chi connectivity index (χ0) is 12.4. The van der Waals surface area contributed by atoms with Crippen molar-refractivity contribution < 1.29 is 0 Å². The van der Waals surface area contributed by atoms with Gasteiger partial charge in [-0.25, -0.2) is 0 Å². The van der Waals surface area contributed by atoms with Crippen LogP contribution >= 0.6 is 0 Å². The molecule has 3 rings (SSSR count). The highest BCUT2D eigenvalue weighted by Gasteiger charge is 2.21. The highest BCUT2D eigenvalue weighted by molar-refractivity contribution is 5.47. The quantitative estimate of drug-likeness (QED) is 0.491. The van der Waals surface area contributed by atoms with Gasteiger partial charge in [0.1, 0.15) is 0 Å². The number of fused-ring (bicyclic) bond motifs is 1. The Morgan fingerprint density at radius 2 is 1.67 bits per heavy atom. The number of rotatable bonds is 0. The van der Waals surface area contributed by atoms with Gasteiger partial charge >= 0.3 is 0 Å². The Morgan fingerprint density at radius 3 is 2.61 bits per heavy atom. The molecule has 0 aromatic heterocycles. The molecule has 3 aliphatic rings. The smallest absolute Gasteiger partial charge is 0.00457 e. The molecular formula is C18H24. The SMILES string of the molecule is CC1C=CCCC2=C1CCCCC1=C2CCC=C1. The minimum absolute atomic E-state index is 0.667. The maximum Gasteiger partial charge on any atom is -0.00457 e. The van der Waals surface area contributed by atoms with E-state index in [1.165, 1.54) is 51.4 Å². The molecule has 0 aromatic carbocycles. The predicted octanol–water partition coefficient (Wildman–Crippen LogP) is 5.49. The first-order valence-electron chi connectivity index (χ1n) is 7.64. The normalized spacial score (nSPS) is 28.4. The second kappa shape index (κ2) is 5.30. The van der Waals surface area contributed by atoms with Crippen molar-refractivity contribution in [1.82, 2.24) is 0 Å². The summed E-state index contributed by atoms with van der Waals surface area (Å²) in [5.41, 5.74) is 6.88. The van der Waals surface area contributed by atoms with Crippen LogP contribution in [-0.4, -0.2) is 0 Å². The van der Waals surface area contributed by atoms with Crippen LogP contribution in [0.15, 0.2) is 46.6 Å². The summed E-state index contributed by atoms with van der Waals surface area (Å²) in [6, 6.07) is 0. The molecule has 0 amide bonds. The van der Waals surface area contributed by atoms with Crippen LogP contribution in [0, 0.1) is 5.92 Å². The zero-order valence-corrected chi connectivity index (χ0v) is 11.5. The van der Waals surface area contributed by atoms with Gasteiger partial charge in [0.05, 0.1) is 0 Å². The molecule has 0 fully saturated rings. The van der Waals surface area contributed by atoms with Crippen molar-refractivity contribution in [2.45, 2.75) is 58.3 Å². The van der Waals surface area contributed by atoms with E-state index in [0.29, 0.717) is 5.92 Å². The molecule has 0 aromatic rings. The monoisotopic (exact) mass is 240 g/mol. The van der Waals surface area contributed by atoms with E-state index in [-0.39, 0.29) is 0 Å². The number of hydrogen-bond donors (Lipinski definition) is 0. The molecular weight excluding hydrogens is 216 g/mol. The van der Waals surface area contributed by atoms with Crippen molar-refractivity contribution in [2.24, 2.45) is 5.92 Å². The highest BCUT2D eigenvalue weighted by Crippen LogP contribution is 2.39. The Labute approximate surface area is 111 Å². The lowest BCUT2D eigenvalue weighted by Gasteiger charge is -2.26. The summed E-state index contributed by atoms with van der Waals surface area (Å²) in [5, 5.41) is 0. The largest absolute Gasteiger partial charge is 0.0876 e. The van der Waals surface area contributed by atoms with Crippen LogP contribution in [0.4, 0.5) is 0 Å². The Morgan fingerprint density at radius 1 is 0.889 bits per heavy atom. The first kappa shape index (κ1) is 12.0. The van der Waals surface area contributed by atoms with Crippen LogP contribution in [-0.2, 0) is 0 Å². The Bertz CT molecular complexity index is 443. The zero-order valence-electron chi connectivity index (χ0n) is 11.5. The van der Waals surface area contributed by atoms with E-state index in [1.807, 2.05) is 0 Å². The van der Waals surface area contributed by atoms with Gasteiger partial charge in [-0.1, -0.05) is 36.8 Å². The first-order valence-corrected chi connectivity index (χ1v) is 7.64. The van der Waals surface area contributed by atoms with Crippen LogP contribution in [0.3, 0.4) is 0 Å². The van der Waals surface area contributed by atoms with Crippen molar-refractivity contribution in [3.63, 3.8) is 0 Å². The van der Waals surface area contributed by atoms with Gasteiger partial charge in [0.25, 0.3) is 0 Å². The molecule has 96 valence electrons. The van der Waals surface area contributed by atoms with Crippen molar-refractivity contribution in [2.75, 3.05) is 0 Å². The van der Waals surface area contributed by atoms with E-state index in [9.17, 15) is 0 Å². The van der Waals surface area contributed by atoms with Crippen molar-refractivity contribution in [3.05, 3.63) is 46.6 Å². The average molecular weight is 240 g/mol. The fraction of sp³-hybridized carbons (Fsp3) is 0.556. The summed E-state index contributed by atoms with van der Waals surface area (Å²) in [6.45, 7) is 2.39. The minimum Gasteiger partial charge on any atom is -0.0876 e. The molecule has 0 saturated carbocycles. The summed E-state index contributed by atoms with van der Waals surface area (Å²) in [5.74, 6) is 0.667. The molecule has 0 saturated heterocycles.